The Balaban J connectivity index is 1.91. The molecule has 0 bridgehead atoms. The Hall–Kier alpha value is -1.85. The third-order valence-electron chi connectivity index (χ3n) is 5.51. The number of hydrogen-bond donors (Lipinski definition) is 1. The summed E-state index contributed by atoms with van der Waals surface area (Å²) in [5, 5.41) is 0. The molecule has 0 saturated heterocycles. The van der Waals surface area contributed by atoms with E-state index >= 15 is 0 Å². The normalized spacial score (nSPS) is 11.0. The van der Waals surface area contributed by atoms with Gasteiger partial charge >= 0.3 is 11.7 Å². The van der Waals surface area contributed by atoms with Crippen LogP contribution in [0.2, 0.25) is 0 Å². The summed E-state index contributed by atoms with van der Waals surface area (Å²) in [6.07, 6.45) is 19.7. The molecule has 1 heterocycles. The monoisotopic (exact) mass is 422 g/mol. The number of aromatic nitrogens is 2. The fourth-order valence-corrected chi connectivity index (χ4v) is 3.55. The average Bonchev–Trinajstić information content (AvgIpc) is 2.72. The first-order chi connectivity index (χ1) is 14.5. The van der Waals surface area contributed by atoms with Crippen molar-refractivity contribution in [3.63, 3.8) is 0 Å². The van der Waals surface area contributed by atoms with Gasteiger partial charge in [-0.05, 0) is 13.3 Å². The van der Waals surface area contributed by atoms with Gasteiger partial charge in [-0.3, -0.25) is 19.1 Å². The van der Waals surface area contributed by atoms with E-state index in [9.17, 15) is 14.4 Å². The third-order valence-corrected chi connectivity index (χ3v) is 5.51. The van der Waals surface area contributed by atoms with Crippen LogP contribution in [0.25, 0.3) is 0 Å². The van der Waals surface area contributed by atoms with Crippen molar-refractivity contribution < 1.29 is 9.53 Å². The molecule has 1 aromatic heterocycles. The number of carbonyl (C=O) groups excluding carboxylic acids is 1. The molecule has 1 rings (SSSR count). The second kappa shape index (κ2) is 16.9. The van der Waals surface area contributed by atoms with Gasteiger partial charge in [0, 0.05) is 18.3 Å². The minimum absolute atomic E-state index is 0.129. The number of nitrogens with zero attached hydrogens (tertiary/aromatic N) is 1. The lowest BCUT2D eigenvalue weighted by Crippen LogP contribution is -2.31. The lowest BCUT2D eigenvalue weighted by molar-refractivity contribution is -0.144. The fraction of sp³-hybridized carbons (Fsp3) is 0.792. The van der Waals surface area contributed by atoms with Crippen LogP contribution in [0.5, 0.6) is 0 Å². The van der Waals surface area contributed by atoms with E-state index in [2.05, 4.69) is 11.9 Å². The van der Waals surface area contributed by atoms with Gasteiger partial charge in [0.1, 0.15) is 0 Å². The van der Waals surface area contributed by atoms with Crippen LogP contribution in [0.4, 0.5) is 0 Å². The summed E-state index contributed by atoms with van der Waals surface area (Å²) in [6.45, 7) is 4.55. The Labute approximate surface area is 181 Å². The summed E-state index contributed by atoms with van der Waals surface area (Å²) in [5.41, 5.74) is -0.438. The molecule has 30 heavy (non-hydrogen) atoms. The van der Waals surface area contributed by atoms with E-state index in [1.54, 1.807) is 6.92 Å². The van der Waals surface area contributed by atoms with Gasteiger partial charge in [-0.25, -0.2) is 4.79 Å². The Morgan fingerprint density at radius 2 is 1.37 bits per heavy atom. The molecule has 0 aliphatic heterocycles. The molecule has 6 nitrogen and oxygen atoms in total. The molecule has 172 valence electrons. The summed E-state index contributed by atoms with van der Waals surface area (Å²) >= 11 is 0. The number of aryl methyl sites for hydroxylation is 2. The zero-order valence-electron chi connectivity index (χ0n) is 19.2. The lowest BCUT2D eigenvalue weighted by atomic mass is 10.0. The lowest BCUT2D eigenvalue weighted by Gasteiger charge is -2.07. The summed E-state index contributed by atoms with van der Waals surface area (Å²) < 4.78 is 6.58. The van der Waals surface area contributed by atoms with Gasteiger partial charge in [0.05, 0.1) is 13.0 Å². The molecular formula is C24H42N2O4. The first kappa shape index (κ1) is 26.2. The third kappa shape index (κ3) is 12.7. The minimum atomic E-state index is -0.495. The molecular weight excluding hydrogens is 380 g/mol. The van der Waals surface area contributed by atoms with E-state index in [1.165, 1.54) is 87.8 Å². The molecule has 0 fully saturated rings. The summed E-state index contributed by atoms with van der Waals surface area (Å²) in [6, 6.07) is 0. The number of aromatic amines is 1. The number of rotatable bonds is 18. The molecule has 0 saturated carbocycles. The van der Waals surface area contributed by atoms with Crippen LogP contribution >= 0.6 is 0 Å². The fourth-order valence-electron chi connectivity index (χ4n) is 3.55. The highest BCUT2D eigenvalue weighted by molar-refractivity contribution is 5.69. The van der Waals surface area contributed by atoms with E-state index in [1.807, 2.05) is 0 Å². The molecule has 1 aromatic rings. The van der Waals surface area contributed by atoms with Gasteiger partial charge in [0.2, 0.25) is 0 Å². The highest BCUT2D eigenvalue weighted by Crippen LogP contribution is 2.13. The van der Waals surface area contributed by atoms with Gasteiger partial charge in [0.25, 0.3) is 5.56 Å². The van der Waals surface area contributed by atoms with Crippen LogP contribution < -0.4 is 11.2 Å². The Bertz CT molecular complexity index is 693. The number of esters is 1. The maximum absolute atomic E-state index is 11.8. The topological polar surface area (TPSA) is 81.2 Å². The zero-order valence-corrected chi connectivity index (χ0v) is 19.2. The van der Waals surface area contributed by atoms with E-state index in [-0.39, 0.29) is 18.9 Å². The molecule has 0 radical (unpaired) electrons. The van der Waals surface area contributed by atoms with Crippen LogP contribution in [-0.4, -0.2) is 22.1 Å². The molecule has 0 aliphatic rings. The molecule has 1 N–H and O–H groups in total. The van der Waals surface area contributed by atoms with Crippen molar-refractivity contribution in [3.05, 3.63) is 32.6 Å². The minimum Gasteiger partial charge on any atom is -0.466 e. The van der Waals surface area contributed by atoms with Crippen molar-refractivity contribution in [2.75, 3.05) is 6.61 Å². The van der Waals surface area contributed by atoms with Crippen LogP contribution in [0.3, 0.4) is 0 Å². The smallest absolute Gasteiger partial charge is 0.328 e. The Kier molecular flexibility index (Phi) is 14.7. The van der Waals surface area contributed by atoms with Gasteiger partial charge in [0.15, 0.2) is 0 Å². The van der Waals surface area contributed by atoms with Crippen LogP contribution in [0.1, 0.15) is 109 Å². The SMILES string of the molecule is CCCCCCCCCCCCCCCCOC(=O)CCn1cc(C)c(=O)[nH]c1=O. The summed E-state index contributed by atoms with van der Waals surface area (Å²) in [4.78, 5) is 37.0. The standard InChI is InChI=1S/C24H42N2O4/c1-3-4-5-6-7-8-9-10-11-12-13-14-15-16-19-30-22(27)17-18-26-20-21(2)23(28)25-24(26)29/h20H,3-19H2,1-2H3,(H,25,28,29). The average molecular weight is 423 g/mol. The van der Waals surface area contributed by atoms with E-state index in [0.29, 0.717) is 12.2 Å². The van der Waals surface area contributed by atoms with Gasteiger partial charge in [-0.15, -0.1) is 0 Å². The number of carbonyl (C=O) groups is 1. The predicted molar refractivity (Wildman–Crippen MR) is 122 cm³/mol. The largest absolute Gasteiger partial charge is 0.466 e. The van der Waals surface area contributed by atoms with Crippen LogP contribution in [0.15, 0.2) is 15.8 Å². The zero-order chi connectivity index (χ0) is 22.0. The van der Waals surface area contributed by atoms with Crippen molar-refractivity contribution in [2.24, 2.45) is 0 Å². The quantitative estimate of drug-likeness (QED) is 0.258. The van der Waals surface area contributed by atoms with Crippen molar-refractivity contribution in [1.82, 2.24) is 9.55 Å². The van der Waals surface area contributed by atoms with Crippen molar-refractivity contribution in [2.45, 2.75) is 117 Å². The highest BCUT2D eigenvalue weighted by Gasteiger charge is 2.06. The van der Waals surface area contributed by atoms with Crippen molar-refractivity contribution in [1.29, 1.82) is 0 Å². The number of ether oxygens (including phenoxy) is 1. The maximum Gasteiger partial charge on any atom is 0.328 e. The van der Waals surface area contributed by atoms with E-state index in [4.69, 9.17) is 4.74 Å². The van der Waals surface area contributed by atoms with Gasteiger partial charge in [-0.2, -0.15) is 0 Å². The number of unbranched alkanes of at least 4 members (excludes halogenated alkanes) is 13. The second-order valence-corrected chi connectivity index (χ2v) is 8.33. The molecule has 0 aromatic carbocycles. The predicted octanol–water partition coefficient (Wildman–Crippen LogP) is 5.26. The maximum atomic E-state index is 11.8. The van der Waals surface area contributed by atoms with E-state index in [0.717, 1.165) is 12.8 Å². The number of H-pyrrole nitrogens is 1. The first-order valence-electron chi connectivity index (χ1n) is 12.0. The van der Waals surface area contributed by atoms with Crippen LogP contribution in [0, 0.1) is 6.92 Å². The van der Waals surface area contributed by atoms with Crippen molar-refractivity contribution >= 4 is 5.97 Å². The molecule has 6 heteroatoms. The molecule has 0 amide bonds. The summed E-state index contributed by atoms with van der Waals surface area (Å²) in [5.74, 6) is -0.305. The van der Waals surface area contributed by atoms with Gasteiger partial charge in [-0.1, -0.05) is 90.4 Å². The van der Waals surface area contributed by atoms with Gasteiger partial charge < -0.3 is 4.74 Å². The summed E-state index contributed by atoms with van der Waals surface area (Å²) in [7, 11) is 0. The molecule has 0 spiro atoms. The Morgan fingerprint density at radius 3 is 1.90 bits per heavy atom. The highest BCUT2D eigenvalue weighted by atomic mass is 16.5. The molecule has 0 atom stereocenters. The number of nitrogens with one attached hydrogen (secondary N) is 1. The molecule has 0 aliphatic carbocycles. The van der Waals surface area contributed by atoms with E-state index < -0.39 is 11.2 Å². The second-order valence-electron chi connectivity index (χ2n) is 8.33. The van der Waals surface area contributed by atoms with Crippen LogP contribution in [-0.2, 0) is 16.1 Å². The molecule has 0 unspecified atom stereocenters. The number of hydrogen-bond acceptors (Lipinski definition) is 4. The first-order valence-corrected chi connectivity index (χ1v) is 12.0. The van der Waals surface area contributed by atoms with Crippen molar-refractivity contribution in [3.8, 4) is 0 Å². The Morgan fingerprint density at radius 1 is 0.867 bits per heavy atom.